The Morgan fingerprint density at radius 2 is 1.49 bits per heavy atom. The molecule has 41 heavy (non-hydrogen) atoms. The predicted octanol–water partition coefficient (Wildman–Crippen LogP) is 4.83. The summed E-state index contributed by atoms with van der Waals surface area (Å²) in [7, 11) is 1.58. The topological polar surface area (TPSA) is 87.1 Å². The number of hydrogen-bond acceptors (Lipinski definition) is 6. The van der Waals surface area contributed by atoms with Gasteiger partial charge >= 0.3 is 5.97 Å². The SMILES string of the molecule is COCCN1C[C@H](C(c2ccccc2)c2ccccc2)n2cc(OC(C)=O)c(=O)c(OCc3ccccc3)c2C1=O. The standard InChI is InChI=1S/C33H32N2O6/c1-23(36)41-28-21-35-27(29(25-14-8-4-9-15-25)26-16-10-5-11-17-26)20-34(18-19-39-2)33(38)30(35)32(31(28)37)40-22-24-12-6-3-7-13-24/h3-17,21,27,29H,18-20,22H2,1-2H3/t27-/m1/s1. The zero-order chi connectivity index (χ0) is 28.8. The third-order valence-electron chi connectivity index (χ3n) is 7.16. The van der Waals surface area contributed by atoms with Gasteiger partial charge in [0.2, 0.25) is 5.75 Å². The number of esters is 1. The van der Waals surface area contributed by atoms with Crippen LogP contribution in [0.4, 0.5) is 0 Å². The number of methoxy groups -OCH3 is 1. The summed E-state index contributed by atoms with van der Waals surface area (Å²) in [5.41, 5.74) is 2.36. The highest BCUT2D eigenvalue weighted by Gasteiger charge is 2.40. The predicted molar refractivity (Wildman–Crippen MR) is 154 cm³/mol. The molecule has 8 nitrogen and oxygen atoms in total. The third-order valence-corrected chi connectivity index (χ3v) is 7.16. The zero-order valence-corrected chi connectivity index (χ0v) is 23.1. The monoisotopic (exact) mass is 552 g/mol. The number of pyridine rings is 1. The Morgan fingerprint density at radius 3 is 2.05 bits per heavy atom. The fraction of sp³-hybridized carbons (Fsp3) is 0.242. The Balaban J connectivity index is 1.73. The van der Waals surface area contributed by atoms with Crippen LogP contribution in [0.2, 0.25) is 0 Å². The van der Waals surface area contributed by atoms with Crippen LogP contribution < -0.4 is 14.9 Å². The lowest BCUT2D eigenvalue weighted by Gasteiger charge is -2.40. The van der Waals surface area contributed by atoms with E-state index >= 15 is 0 Å². The minimum absolute atomic E-state index is 0.0590. The van der Waals surface area contributed by atoms with Crippen LogP contribution in [0.3, 0.4) is 0 Å². The lowest BCUT2D eigenvalue weighted by atomic mass is 9.83. The molecule has 0 aliphatic carbocycles. The fourth-order valence-electron chi connectivity index (χ4n) is 5.31. The fourth-order valence-corrected chi connectivity index (χ4v) is 5.31. The lowest BCUT2D eigenvalue weighted by Crippen LogP contribution is -2.47. The molecule has 1 aromatic heterocycles. The van der Waals surface area contributed by atoms with Crippen molar-refractivity contribution in [2.75, 3.05) is 26.8 Å². The highest BCUT2D eigenvalue weighted by atomic mass is 16.5. The Kier molecular flexibility index (Phi) is 8.60. The molecule has 8 heteroatoms. The molecule has 4 aromatic rings. The minimum Gasteiger partial charge on any atom is -0.482 e. The normalized spacial score (nSPS) is 14.6. The smallest absolute Gasteiger partial charge is 0.308 e. The van der Waals surface area contributed by atoms with Crippen molar-refractivity contribution < 1.29 is 23.8 Å². The van der Waals surface area contributed by atoms with E-state index < -0.39 is 11.4 Å². The second-order valence-electron chi connectivity index (χ2n) is 9.89. The molecule has 0 radical (unpaired) electrons. The number of rotatable bonds is 10. The van der Waals surface area contributed by atoms with Crippen LogP contribution in [0, 0.1) is 0 Å². The molecular weight excluding hydrogens is 520 g/mol. The summed E-state index contributed by atoms with van der Waals surface area (Å²) in [5, 5.41) is 0. The summed E-state index contributed by atoms with van der Waals surface area (Å²) in [4.78, 5) is 41.4. The van der Waals surface area contributed by atoms with Gasteiger partial charge in [-0.05, 0) is 16.7 Å². The number of carbonyl (C=O) groups is 2. The van der Waals surface area contributed by atoms with E-state index in [0.717, 1.165) is 16.7 Å². The van der Waals surface area contributed by atoms with Crippen molar-refractivity contribution in [3.63, 3.8) is 0 Å². The van der Waals surface area contributed by atoms with Crippen LogP contribution in [-0.4, -0.2) is 48.1 Å². The van der Waals surface area contributed by atoms with E-state index in [1.165, 1.54) is 13.1 Å². The van der Waals surface area contributed by atoms with Gasteiger partial charge < -0.3 is 23.7 Å². The summed E-state index contributed by atoms with van der Waals surface area (Å²) in [6, 6.07) is 29.0. The van der Waals surface area contributed by atoms with Crippen molar-refractivity contribution in [3.8, 4) is 11.5 Å². The molecule has 3 aromatic carbocycles. The quantitative estimate of drug-likeness (QED) is 0.262. The van der Waals surface area contributed by atoms with Crippen LogP contribution >= 0.6 is 0 Å². The summed E-state index contributed by atoms with van der Waals surface area (Å²) in [6.45, 7) is 2.30. The van der Waals surface area contributed by atoms with Gasteiger partial charge in [-0.15, -0.1) is 0 Å². The second kappa shape index (κ2) is 12.7. The molecule has 2 heterocycles. The Bertz CT molecular complexity index is 1510. The highest BCUT2D eigenvalue weighted by Crippen LogP contribution is 2.41. The highest BCUT2D eigenvalue weighted by molar-refractivity contribution is 5.96. The minimum atomic E-state index is -0.654. The zero-order valence-electron chi connectivity index (χ0n) is 23.1. The maximum absolute atomic E-state index is 14.0. The van der Waals surface area contributed by atoms with Crippen molar-refractivity contribution in [2.45, 2.75) is 25.5 Å². The van der Waals surface area contributed by atoms with E-state index in [0.29, 0.717) is 19.7 Å². The Labute approximate surface area is 238 Å². The van der Waals surface area contributed by atoms with Gasteiger partial charge in [-0.3, -0.25) is 14.4 Å². The molecule has 0 bridgehead atoms. The molecule has 0 spiro atoms. The van der Waals surface area contributed by atoms with Gasteiger partial charge in [0.05, 0.1) is 18.8 Å². The molecule has 1 aliphatic rings. The first-order valence-electron chi connectivity index (χ1n) is 13.5. The number of carbonyl (C=O) groups excluding carboxylic acids is 2. The Morgan fingerprint density at radius 1 is 0.902 bits per heavy atom. The number of hydrogen-bond donors (Lipinski definition) is 0. The van der Waals surface area contributed by atoms with E-state index in [9.17, 15) is 14.4 Å². The van der Waals surface area contributed by atoms with Gasteiger partial charge in [0.1, 0.15) is 6.61 Å². The van der Waals surface area contributed by atoms with Gasteiger partial charge in [-0.1, -0.05) is 91.0 Å². The van der Waals surface area contributed by atoms with Gasteiger partial charge in [0.25, 0.3) is 11.3 Å². The maximum atomic E-state index is 14.0. The molecule has 0 unspecified atom stereocenters. The second-order valence-corrected chi connectivity index (χ2v) is 9.89. The van der Waals surface area contributed by atoms with Crippen molar-refractivity contribution in [2.24, 2.45) is 0 Å². The van der Waals surface area contributed by atoms with Gasteiger partial charge in [0.15, 0.2) is 11.4 Å². The molecule has 210 valence electrons. The van der Waals surface area contributed by atoms with E-state index in [1.807, 2.05) is 66.7 Å². The molecule has 0 N–H and O–H groups in total. The van der Waals surface area contributed by atoms with E-state index in [1.54, 1.807) is 16.6 Å². The average molecular weight is 553 g/mol. The molecule has 0 saturated carbocycles. The first-order chi connectivity index (χ1) is 20.0. The van der Waals surface area contributed by atoms with Crippen LogP contribution in [-0.2, 0) is 16.1 Å². The number of benzene rings is 3. The van der Waals surface area contributed by atoms with E-state index in [4.69, 9.17) is 14.2 Å². The van der Waals surface area contributed by atoms with Gasteiger partial charge in [0, 0.05) is 33.0 Å². The molecule has 1 aliphatic heterocycles. The van der Waals surface area contributed by atoms with Crippen LogP contribution in [0.15, 0.2) is 102 Å². The molecule has 5 rings (SSSR count). The van der Waals surface area contributed by atoms with E-state index in [-0.39, 0.29) is 41.7 Å². The van der Waals surface area contributed by atoms with Gasteiger partial charge in [-0.25, -0.2) is 0 Å². The number of amides is 1. The summed E-state index contributed by atoms with van der Waals surface area (Å²) in [5.74, 6) is -1.53. The van der Waals surface area contributed by atoms with Crippen LogP contribution in [0.25, 0.3) is 0 Å². The van der Waals surface area contributed by atoms with Crippen LogP contribution in [0.1, 0.15) is 46.1 Å². The molecule has 0 saturated heterocycles. The molecule has 1 atom stereocenters. The molecule has 0 fully saturated rings. The van der Waals surface area contributed by atoms with E-state index in [2.05, 4.69) is 24.3 Å². The Hall–Kier alpha value is -4.69. The summed E-state index contributed by atoms with van der Waals surface area (Å²) < 4.78 is 18.6. The van der Waals surface area contributed by atoms with Crippen molar-refractivity contribution in [3.05, 3.63) is 130 Å². The van der Waals surface area contributed by atoms with Crippen molar-refractivity contribution in [1.29, 1.82) is 0 Å². The van der Waals surface area contributed by atoms with Gasteiger partial charge in [-0.2, -0.15) is 0 Å². The number of fused-ring (bicyclic) bond motifs is 1. The number of nitrogens with zero attached hydrogens (tertiary/aromatic N) is 2. The first-order valence-corrected chi connectivity index (χ1v) is 13.5. The third kappa shape index (κ3) is 6.07. The number of ether oxygens (including phenoxy) is 3. The van der Waals surface area contributed by atoms with Crippen LogP contribution in [0.5, 0.6) is 11.5 Å². The van der Waals surface area contributed by atoms with Crippen molar-refractivity contribution in [1.82, 2.24) is 9.47 Å². The average Bonchev–Trinajstić information content (AvgIpc) is 2.99. The maximum Gasteiger partial charge on any atom is 0.308 e. The first kappa shape index (κ1) is 27.9. The largest absolute Gasteiger partial charge is 0.482 e. The van der Waals surface area contributed by atoms with Crippen molar-refractivity contribution >= 4 is 11.9 Å². The summed E-state index contributed by atoms with van der Waals surface area (Å²) in [6.07, 6.45) is 1.48. The summed E-state index contributed by atoms with van der Waals surface area (Å²) >= 11 is 0. The number of aromatic nitrogens is 1. The molecule has 1 amide bonds. The molecular formula is C33H32N2O6. The lowest BCUT2D eigenvalue weighted by molar-refractivity contribution is -0.132.